The number of hydrogen-bond acceptors (Lipinski definition) is 2. The van der Waals surface area contributed by atoms with E-state index in [1.165, 1.54) is 5.56 Å². The molecule has 4 nitrogen and oxygen atoms in total. The van der Waals surface area contributed by atoms with Gasteiger partial charge in [-0.2, -0.15) is 0 Å². The summed E-state index contributed by atoms with van der Waals surface area (Å²) in [7, 11) is 1.81. The van der Waals surface area contributed by atoms with E-state index in [0.717, 1.165) is 28.1 Å². The van der Waals surface area contributed by atoms with E-state index in [-0.39, 0.29) is 12.5 Å². The summed E-state index contributed by atoms with van der Waals surface area (Å²) < 4.78 is 2.70. The average Bonchev–Trinajstić information content (AvgIpc) is 2.99. The van der Waals surface area contributed by atoms with Crippen LogP contribution in [0.25, 0.3) is 10.9 Å². The number of likely N-dealkylation sites (N-methyl/N-ethyl adjacent to an activating group) is 1. The number of aldehydes is 1. The van der Waals surface area contributed by atoms with Gasteiger partial charge >= 0.3 is 0 Å². The number of nitrogens with zero attached hydrogens (tertiary/aromatic N) is 2. The van der Waals surface area contributed by atoms with Gasteiger partial charge in [-0.15, -0.1) is 0 Å². The molecule has 0 aliphatic heterocycles. The summed E-state index contributed by atoms with van der Waals surface area (Å²) >= 11 is 3.48. The molecular weight excluding hydrogens is 380 g/mol. The minimum atomic E-state index is 0.0188. The van der Waals surface area contributed by atoms with Gasteiger partial charge in [0.25, 0.3) is 0 Å². The molecule has 1 amide bonds. The van der Waals surface area contributed by atoms with Gasteiger partial charge in [0.05, 0.1) is 5.52 Å². The maximum Gasteiger partial charge on any atom is 0.242 e. The summed E-state index contributed by atoms with van der Waals surface area (Å²) in [6.07, 6.45) is 3.39. The van der Waals surface area contributed by atoms with E-state index in [2.05, 4.69) is 28.1 Å². The molecule has 1 heterocycles. The minimum absolute atomic E-state index is 0.0188. The van der Waals surface area contributed by atoms with Crippen molar-refractivity contribution < 1.29 is 9.59 Å². The van der Waals surface area contributed by atoms with E-state index in [4.69, 9.17) is 0 Å². The van der Waals surface area contributed by atoms with Gasteiger partial charge in [0.1, 0.15) is 6.54 Å². The lowest BCUT2D eigenvalue weighted by Gasteiger charge is -2.18. The fraction of sp³-hybridized carbons (Fsp3) is 0.200. The molecule has 0 radical (unpaired) electrons. The summed E-state index contributed by atoms with van der Waals surface area (Å²) in [5, 5.41) is 0.845. The summed E-state index contributed by atoms with van der Waals surface area (Å²) in [5.41, 5.74) is 2.67. The molecule has 0 unspecified atom stereocenters. The van der Waals surface area contributed by atoms with Crippen molar-refractivity contribution in [2.24, 2.45) is 0 Å². The van der Waals surface area contributed by atoms with E-state index in [1.54, 1.807) is 11.1 Å². The van der Waals surface area contributed by atoms with Gasteiger partial charge in [-0.3, -0.25) is 9.59 Å². The summed E-state index contributed by atoms with van der Waals surface area (Å²) in [6, 6.07) is 15.8. The van der Waals surface area contributed by atoms with Gasteiger partial charge in [0.2, 0.25) is 5.91 Å². The Labute approximate surface area is 155 Å². The molecule has 128 valence electrons. The summed E-state index contributed by atoms with van der Waals surface area (Å²) in [4.78, 5) is 25.6. The zero-order chi connectivity index (χ0) is 17.8. The molecule has 0 bridgehead atoms. The molecule has 3 aromatic rings. The van der Waals surface area contributed by atoms with Gasteiger partial charge in [-0.25, -0.2) is 0 Å². The van der Waals surface area contributed by atoms with Crippen molar-refractivity contribution >= 4 is 39.0 Å². The minimum Gasteiger partial charge on any atom is -0.344 e. The van der Waals surface area contributed by atoms with Gasteiger partial charge in [-0.05, 0) is 24.1 Å². The lowest BCUT2D eigenvalue weighted by molar-refractivity contribution is -0.130. The van der Waals surface area contributed by atoms with E-state index < -0.39 is 0 Å². The molecule has 0 fully saturated rings. The zero-order valence-electron chi connectivity index (χ0n) is 14.0. The standard InChI is InChI=1S/C20H19BrN2O2/c1-22(11-10-15-6-3-2-4-7-15)19(25)13-23-12-16(14-24)20-17(21)8-5-9-18(20)23/h2-9,12,14H,10-11,13H2,1H3. The number of hydrogen-bond donors (Lipinski definition) is 0. The van der Waals surface area contributed by atoms with Crippen LogP contribution in [0, 0.1) is 0 Å². The quantitative estimate of drug-likeness (QED) is 0.590. The van der Waals surface area contributed by atoms with Crippen molar-refractivity contribution in [2.75, 3.05) is 13.6 Å². The van der Waals surface area contributed by atoms with Crippen molar-refractivity contribution in [1.82, 2.24) is 9.47 Å². The second kappa shape index (κ2) is 7.66. The topological polar surface area (TPSA) is 42.3 Å². The van der Waals surface area contributed by atoms with Crippen LogP contribution in [0.3, 0.4) is 0 Å². The predicted molar refractivity (Wildman–Crippen MR) is 103 cm³/mol. The van der Waals surface area contributed by atoms with Crippen LogP contribution in [0.5, 0.6) is 0 Å². The molecular formula is C20H19BrN2O2. The SMILES string of the molecule is CN(CCc1ccccc1)C(=O)Cn1cc(C=O)c2c(Br)cccc21. The fourth-order valence-electron chi connectivity index (χ4n) is 2.89. The molecule has 0 aliphatic rings. The summed E-state index contributed by atoms with van der Waals surface area (Å²) in [5.74, 6) is 0.0188. The Morgan fingerprint density at radius 2 is 1.92 bits per heavy atom. The van der Waals surface area contributed by atoms with E-state index in [9.17, 15) is 9.59 Å². The maximum atomic E-state index is 12.6. The van der Waals surface area contributed by atoms with E-state index in [1.807, 2.05) is 48.0 Å². The van der Waals surface area contributed by atoms with Gasteiger partial charge in [0.15, 0.2) is 6.29 Å². The van der Waals surface area contributed by atoms with Crippen LogP contribution in [0.4, 0.5) is 0 Å². The highest BCUT2D eigenvalue weighted by atomic mass is 79.9. The molecule has 2 aromatic carbocycles. The second-order valence-electron chi connectivity index (χ2n) is 6.02. The van der Waals surface area contributed by atoms with E-state index >= 15 is 0 Å². The molecule has 0 saturated heterocycles. The Hall–Kier alpha value is -2.40. The number of amides is 1. The first-order valence-electron chi connectivity index (χ1n) is 8.10. The van der Waals surface area contributed by atoms with Crippen LogP contribution in [0.15, 0.2) is 59.2 Å². The number of carbonyl (C=O) groups is 2. The lowest BCUT2D eigenvalue weighted by atomic mass is 10.1. The molecule has 3 rings (SSSR count). The Morgan fingerprint density at radius 1 is 1.16 bits per heavy atom. The zero-order valence-corrected chi connectivity index (χ0v) is 15.6. The molecule has 0 N–H and O–H groups in total. The van der Waals surface area contributed by atoms with Crippen LogP contribution in [0.2, 0.25) is 0 Å². The normalized spacial score (nSPS) is 10.8. The molecule has 0 saturated carbocycles. The number of halogens is 1. The lowest BCUT2D eigenvalue weighted by Crippen LogP contribution is -2.31. The fourth-order valence-corrected chi connectivity index (χ4v) is 3.48. The Balaban J connectivity index is 1.73. The molecule has 25 heavy (non-hydrogen) atoms. The van der Waals surface area contributed by atoms with Crippen molar-refractivity contribution in [3.05, 3.63) is 70.3 Å². The molecule has 0 aliphatic carbocycles. The summed E-state index contributed by atoms with van der Waals surface area (Å²) in [6.45, 7) is 0.873. The highest BCUT2D eigenvalue weighted by molar-refractivity contribution is 9.10. The first kappa shape index (κ1) is 17.4. The van der Waals surface area contributed by atoms with Crippen molar-refractivity contribution in [1.29, 1.82) is 0 Å². The number of benzene rings is 2. The molecule has 0 atom stereocenters. The van der Waals surface area contributed by atoms with Crippen molar-refractivity contribution in [3.8, 4) is 0 Å². The smallest absolute Gasteiger partial charge is 0.242 e. The predicted octanol–water partition coefficient (Wildman–Crippen LogP) is 3.92. The average molecular weight is 399 g/mol. The number of carbonyl (C=O) groups excluding carboxylic acids is 2. The van der Waals surface area contributed by atoms with Crippen LogP contribution in [-0.2, 0) is 17.8 Å². The third-order valence-corrected chi connectivity index (χ3v) is 4.98. The monoisotopic (exact) mass is 398 g/mol. The second-order valence-corrected chi connectivity index (χ2v) is 6.87. The van der Waals surface area contributed by atoms with Crippen LogP contribution < -0.4 is 0 Å². The van der Waals surface area contributed by atoms with Crippen LogP contribution >= 0.6 is 15.9 Å². The molecule has 1 aromatic heterocycles. The third kappa shape index (κ3) is 3.82. The third-order valence-electron chi connectivity index (χ3n) is 4.32. The largest absolute Gasteiger partial charge is 0.344 e. The van der Waals surface area contributed by atoms with E-state index in [0.29, 0.717) is 12.1 Å². The highest BCUT2D eigenvalue weighted by Gasteiger charge is 2.15. The number of fused-ring (bicyclic) bond motifs is 1. The molecule has 5 heteroatoms. The Kier molecular flexibility index (Phi) is 5.34. The van der Waals surface area contributed by atoms with Crippen molar-refractivity contribution in [2.45, 2.75) is 13.0 Å². The maximum absolute atomic E-state index is 12.6. The highest BCUT2D eigenvalue weighted by Crippen LogP contribution is 2.28. The Morgan fingerprint density at radius 3 is 2.64 bits per heavy atom. The first-order chi connectivity index (χ1) is 12.1. The molecule has 0 spiro atoms. The van der Waals surface area contributed by atoms with Gasteiger partial charge in [-0.1, -0.05) is 52.3 Å². The number of aromatic nitrogens is 1. The first-order valence-corrected chi connectivity index (χ1v) is 8.90. The van der Waals surface area contributed by atoms with Crippen LogP contribution in [-0.4, -0.2) is 35.3 Å². The van der Waals surface area contributed by atoms with Crippen LogP contribution in [0.1, 0.15) is 15.9 Å². The number of rotatable bonds is 6. The van der Waals surface area contributed by atoms with Gasteiger partial charge < -0.3 is 9.47 Å². The Bertz CT molecular complexity index is 903. The van der Waals surface area contributed by atoms with Crippen molar-refractivity contribution in [3.63, 3.8) is 0 Å². The van der Waals surface area contributed by atoms with Gasteiger partial charge in [0, 0.05) is 35.2 Å².